The molecule has 0 spiro atoms. The third-order valence-electron chi connectivity index (χ3n) is 4.45. The molecule has 1 amide bonds. The van der Waals surface area contributed by atoms with E-state index in [9.17, 15) is 4.79 Å². The number of carbonyl (C=O) groups is 1. The highest BCUT2D eigenvalue weighted by molar-refractivity contribution is 5.78. The van der Waals surface area contributed by atoms with Crippen LogP contribution >= 0.6 is 0 Å². The molecule has 1 unspecified atom stereocenters. The van der Waals surface area contributed by atoms with Crippen LogP contribution < -0.4 is 10.6 Å². The monoisotopic (exact) mass is 274 g/mol. The van der Waals surface area contributed by atoms with Gasteiger partial charge in [0.05, 0.1) is 0 Å². The summed E-state index contributed by atoms with van der Waals surface area (Å²) in [6, 6.07) is 4.43. The van der Waals surface area contributed by atoms with Gasteiger partial charge in [0.2, 0.25) is 5.91 Å². The van der Waals surface area contributed by atoms with E-state index in [0.717, 1.165) is 26.1 Å². The molecule has 1 aliphatic heterocycles. The van der Waals surface area contributed by atoms with Gasteiger partial charge >= 0.3 is 0 Å². The number of hydrogen-bond acceptors (Lipinski definition) is 2. The summed E-state index contributed by atoms with van der Waals surface area (Å²) in [5.41, 5.74) is 5.33. The van der Waals surface area contributed by atoms with Crippen LogP contribution in [0.25, 0.3) is 0 Å². The molecule has 1 saturated heterocycles. The highest BCUT2D eigenvalue weighted by Gasteiger charge is 2.28. The van der Waals surface area contributed by atoms with Crippen molar-refractivity contribution in [2.75, 3.05) is 19.6 Å². The lowest BCUT2D eigenvalue weighted by molar-refractivity contribution is -0.126. The normalized spacial score (nSPS) is 16.6. The average Bonchev–Trinajstić information content (AvgIpc) is 2.29. The molecule has 1 aliphatic rings. The van der Waals surface area contributed by atoms with Crippen LogP contribution in [0.2, 0.25) is 0 Å². The molecule has 1 atom stereocenters. The smallest absolute Gasteiger partial charge is 0.223 e. The SMILES string of the molecule is Cc1cc(C)c(CCNC(=O)C(C)C2CNC2)c(C)c1. The fraction of sp³-hybridized carbons (Fsp3) is 0.588. The zero-order chi connectivity index (χ0) is 14.7. The molecule has 1 aromatic carbocycles. The Balaban J connectivity index is 1.85. The summed E-state index contributed by atoms with van der Waals surface area (Å²) in [7, 11) is 0. The van der Waals surface area contributed by atoms with Gasteiger partial charge in [-0.1, -0.05) is 24.6 Å². The topological polar surface area (TPSA) is 41.1 Å². The second-order valence-electron chi connectivity index (χ2n) is 6.13. The zero-order valence-electron chi connectivity index (χ0n) is 13.0. The molecule has 2 N–H and O–H groups in total. The van der Waals surface area contributed by atoms with Gasteiger partial charge in [-0.2, -0.15) is 0 Å². The second kappa shape index (κ2) is 6.40. The number of rotatable bonds is 5. The van der Waals surface area contributed by atoms with E-state index < -0.39 is 0 Å². The van der Waals surface area contributed by atoms with Crippen LogP contribution in [0.15, 0.2) is 12.1 Å². The molecule has 0 bridgehead atoms. The average molecular weight is 274 g/mol. The summed E-state index contributed by atoms with van der Waals surface area (Å²) in [4.78, 5) is 12.1. The minimum absolute atomic E-state index is 0.122. The lowest BCUT2D eigenvalue weighted by Gasteiger charge is -2.31. The van der Waals surface area contributed by atoms with Crippen LogP contribution in [-0.4, -0.2) is 25.5 Å². The summed E-state index contributed by atoms with van der Waals surface area (Å²) >= 11 is 0. The molecule has 1 fully saturated rings. The predicted molar refractivity (Wildman–Crippen MR) is 82.9 cm³/mol. The molecule has 3 heteroatoms. The first-order valence-electron chi connectivity index (χ1n) is 7.54. The van der Waals surface area contributed by atoms with Crippen molar-refractivity contribution in [3.63, 3.8) is 0 Å². The fourth-order valence-electron chi connectivity index (χ4n) is 2.95. The minimum atomic E-state index is 0.122. The van der Waals surface area contributed by atoms with E-state index in [1.54, 1.807) is 0 Å². The van der Waals surface area contributed by atoms with Crippen LogP contribution in [0.4, 0.5) is 0 Å². The molecule has 3 nitrogen and oxygen atoms in total. The number of hydrogen-bond donors (Lipinski definition) is 2. The molecule has 0 aromatic heterocycles. The van der Waals surface area contributed by atoms with E-state index in [1.165, 1.54) is 22.3 Å². The van der Waals surface area contributed by atoms with Gasteiger partial charge in [0, 0.05) is 12.5 Å². The first kappa shape index (κ1) is 15.0. The third kappa shape index (κ3) is 3.40. The van der Waals surface area contributed by atoms with Gasteiger partial charge in [0.1, 0.15) is 0 Å². The highest BCUT2D eigenvalue weighted by Crippen LogP contribution is 2.18. The molecule has 0 aliphatic carbocycles. The van der Waals surface area contributed by atoms with Gasteiger partial charge in [0.15, 0.2) is 0 Å². The zero-order valence-corrected chi connectivity index (χ0v) is 13.0. The minimum Gasteiger partial charge on any atom is -0.356 e. The van der Waals surface area contributed by atoms with Gasteiger partial charge in [-0.25, -0.2) is 0 Å². The van der Waals surface area contributed by atoms with E-state index in [4.69, 9.17) is 0 Å². The Kier molecular flexibility index (Phi) is 4.81. The lowest BCUT2D eigenvalue weighted by atomic mass is 9.88. The van der Waals surface area contributed by atoms with Crippen molar-refractivity contribution >= 4 is 5.91 Å². The summed E-state index contributed by atoms with van der Waals surface area (Å²) in [6.45, 7) is 11.1. The number of aryl methyl sites for hydroxylation is 3. The first-order chi connectivity index (χ1) is 9.49. The van der Waals surface area contributed by atoms with Crippen LogP contribution in [-0.2, 0) is 11.2 Å². The third-order valence-corrected chi connectivity index (χ3v) is 4.45. The van der Waals surface area contributed by atoms with Crippen LogP contribution in [0.5, 0.6) is 0 Å². The predicted octanol–water partition coefficient (Wildman–Crippen LogP) is 2.13. The fourth-order valence-corrected chi connectivity index (χ4v) is 2.95. The van der Waals surface area contributed by atoms with Gasteiger partial charge < -0.3 is 10.6 Å². The van der Waals surface area contributed by atoms with Gasteiger partial charge in [0.25, 0.3) is 0 Å². The Labute approximate surface area is 122 Å². The van der Waals surface area contributed by atoms with Gasteiger partial charge in [-0.05, 0) is 62.9 Å². The Morgan fingerprint density at radius 2 is 1.90 bits per heavy atom. The van der Waals surface area contributed by atoms with Crippen LogP contribution in [0.1, 0.15) is 29.2 Å². The maximum atomic E-state index is 12.1. The van der Waals surface area contributed by atoms with Crippen LogP contribution in [0.3, 0.4) is 0 Å². The van der Waals surface area contributed by atoms with Crippen LogP contribution in [0, 0.1) is 32.6 Å². The molecule has 1 heterocycles. The first-order valence-corrected chi connectivity index (χ1v) is 7.54. The second-order valence-corrected chi connectivity index (χ2v) is 6.13. The van der Waals surface area contributed by atoms with E-state index in [2.05, 4.69) is 43.5 Å². The van der Waals surface area contributed by atoms with Crippen molar-refractivity contribution in [2.45, 2.75) is 34.1 Å². The molecular weight excluding hydrogens is 248 g/mol. The molecular formula is C17H26N2O. The maximum Gasteiger partial charge on any atom is 0.223 e. The Morgan fingerprint density at radius 3 is 2.40 bits per heavy atom. The Hall–Kier alpha value is -1.35. The Morgan fingerprint density at radius 1 is 1.30 bits per heavy atom. The molecule has 0 saturated carbocycles. The molecule has 0 radical (unpaired) electrons. The van der Waals surface area contributed by atoms with Crippen molar-refractivity contribution < 1.29 is 4.79 Å². The molecule has 110 valence electrons. The quantitative estimate of drug-likeness (QED) is 0.863. The van der Waals surface area contributed by atoms with Crippen molar-refractivity contribution in [3.8, 4) is 0 Å². The highest BCUT2D eigenvalue weighted by atomic mass is 16.1. The number of nitrogens with one attached hydrogen (secondary N) is 2. The maximum absolute atomic E-state index is 12.1. The number of carbonyl (C=O) groups excluding carboxylic acids is 1. The van der Waals surface area contributed by atoms with Crippen molar-refractivity contribution in [1.29, 1.82) is 0 Å². The number of benzene rings is 1. The van der Waals surface area contributed by atoms with E-state index in [0.29, 0.717) is 5.92 Å². The van der Waals surface area contributed by atoms with E-state index in [1.807, 2.05) is 6.92 Å². The largest absolute Gasteiger partial charge is 0.356 e. The molecule has 1 aromatic rings. The van der Waals surface area contributed by atoms with Gasteiger partial charge in [-0.3, -0.25) is 4.79 Å². The lowest BCUT2D eigenvalue weighted by Crippen LogP contribution is -2.49. The summed E-state index contributed by atoms with van der Waals surface area (Å²) in [5, 5.41) is 6.30. The summed E-state index contributed by atoms with van der Waals surface area (Å²) in [5.74, 6) is 0.827. The van der Waals surface area contributed by atoms with Gasteiger partial charge in [-0.15, -0.1) is 0 Å². The van der Waals surface area contributed by atoms with Crippen molar-refractivity contribution in [2.24, 2.45) is 11.8 Å². The van der Waals surface area contributed by atoms with Crippen molar-refractivity contribution in [3.05, 3.63) is 34.4 Å². The van der Waals surface area contributed by atoms with E-state index in [-0.39, 0.29) is 11.8 Å². The standard InChI is InChI=1S/C17H26N2O/c1-11-7-12(2)16(13(3)8-11)5-6-19-17(20)14(4)15-9-18-10-15/h7-8,14-15,18H,5-6,9-10H2,1-4H3,(H,19,20). The molecule has 20 heavy (non-hydrogen) atoms. The van der Waals surface area contributed by atoms with Crippen molar-refractivity contribution in [1.82, 2.24) is 10.6 Å². The summed E-state index contributed by atoms with van der Waals surface area (Å²) in [6.07, 6.45) is 0.916. The Bertz CT molecular complexity index is 469. The number of amides is 1. The summed E-state index contributed by atoms with van der Waals surface area (Å²) < 4.78 is 0. The molecule has 2 rings (SSSR count). The van der Waals surface area contributed by atoms with E-state index >= 15 is 0 Å².